The molecular weight excluding hydrogens is 342 g/mol. The molecule has 1 aromatic heterocycles. The SMILES string of the molecule is Cc1cc(NCCN2CCOCC2)nc(Nc2ccccc2OC(C)C)n1. The largest absolute Gasteiger partial charge is 0.489 e. The Hall–Kier alpha value is -2.38. The quantitative estimate of drug-likeness (QED) is 0.739. The summed E-state index contributed by atoms with van der Waals surface area (Å²) in [4.78, 5) is 11.5. The highest BCUT2D eigenvalue weighted by molar-refractivity contribution is 5.63. The lowest BCUT2D eigenvalue weighted by molar-refractivity contribution is 0.0398. The molecule has 2 heterocycles. The fraction of sp³-hybridized carbons (Fsp3) is 0.500. The third-order valence-corrected chi connectivity index (χ3v) is 4.19. The predicted molar refractivity (Wildman–Crippen MR) is 108 cm³/mol. The van der Waals surface area contributed by atoms with Gasteiger partial charge in [-0.05, 0) is 32.9 Å². The molecule has 27 heavy (non-hydrogen) atoms. The fourth-order valence-corrected chi connectivity index (χ4v) is 2.93. The lowest BCUT2D eigenvalue weighted by Gasteiger charge is -2.26. The van der Waals surface area contributed by atoms with Gasteiger partial charge in [0.05, 0.1) is 25.0 Å². The summed E-state index contributed by atoms with van der Waals surface area (Å²) in [5.74, 6) is 2.17. The average Bonchev–Trinajstić information content (AvgIpc) is 2.63. The first-order valence-electron chi connectivity index (χ1n) is 9.52. The smallest absolute Gasteiger partial charge is 0.229 e. The van der Waals surface area contributed by atoms with Crippen molar-refractivity contribution in [2.24, 2.45) is 0 Å². The summed E-state index contributed by atoms with van der Waals surface area (Å²) in [6, 6.07) is 9.79. The van der Waals surface area contributed by atoms with Gasteiger partial charge in [0.15, 0.2) is 0 Å². The maximum Gasteiger partial charge on any atom is 0.229 e. The maximum atomic E-state index is 5.86. The van der Waals surface area contributed by atoms with Gasteiger partial charge < -0.3 is 20.1 Å². The Kier molecular flexibility index (Phi) is 6.84. The molecule has 3 rings (SSSR count). The molecule has 1 aliphatic heterocycles. The number of aryl methyl sites for hydroxylation is 1. The van der Waals surface area contributed by atoms with E-state index in [1.165, 1.54) is 0 Å². The van der Waals surface area contributed by atoms with Crippen LogP contribution in [0.4, 0.5) is 17.5 Å². The van der Waals surface area contributed by atoms with Crippen molar-refractivity contribution in [1.29, 1.82) is 0 Å². The van der Waals surface area contributed by atoms with Gasteiger partial charge in [0, 0.05) is 37.9 Å². The minimum absolute atomic E-state index is 0.101. The summed E-state index contributed by atoms with van der Waals surface area (Å²) < 4.78 is 11.2. The third-order valence-electron chi connectivity index (χ3n) is 4.19. The molecule has 0 saturated carbocycles. The van der Waals surface area contributed by atoms with Crippen LogP contribution in [0.15, 0.2) is 30.3 Å². The first kappa shape index (κ1) is 19.4. The lowest BCUT2D eigenvalue weighted by atomic mass is 10.3. The summed E-state index contributed by atoms with van der Waals surface area (Å²) in [5, 5.41) is 6.69. The van der Waals surface area contributed by atoms with Crippen LogP contribution in [0.5, 0.6) is 5.75 Å². The fourth-order valence-electron chi connectivity index (χ4n) is 2.93. The van der Waals surface area contributed by atoms with Crippen LogP contribution in [-0.2, 0) is 4.74 Å². The maximum absolute atomic E-state index is 5.86. The minimum Gasteiger partial charge on any atom is -0.489 e. The Bertz CT molecular complexity index is 732. The van der Waals surface area contributed by atoms with Gasteiger partial charge in [-0.25, -0.2) is 4.98 Å². The van der Waals surface area contributed by atoms with E-state index in [0.717, 1.165) is 62.3 Å². The van der Waals surface area contributed by atoms with Crippen LogP contribution in [0.3, 0.4) is 0 Å². The van der Waals surface area contributed by atoms with E-state index in [4.69, 9.17) is 9.47 Å². The average molecular weight is 371 g/mol. The number of hydrogen-bond donors (Lipinski definition) is 2. The number of anilines is 3. The molecule has 2 N–H and O–H groups in total. The van der Waals surface area contributed by atoms with Crippen LogP contribution in [0, 0.1) is 6.92 Å². The van der Waals surface area contributed by atoms with E-state index in [0.29, 0.717) is 5.95 Å². The molecule has 0 spiro atoms. The van der Waals surface area contributed by atoms with E-state index in [2.05, 4.69) is 25.5 Å². The van der Waals surface area contributed by atoms with Gasteiger partial charge in [0.25, 0.3) is 0 Å². The van der Waals surface area contributed by atoms with E-state index >= 15 is 0 Å². The number of ether oxygens (including phenoxy) is 2. The van der Waals surface area contributed by atoms with Gasteiger partial charge in [-0.2, -0.15) is 4.98 Å². The second-order valence-corrected chi connectivity index (χ2v) is 6.89. The number of para-hydroxylation sites is 2. The molecule has 7 nitrogen and oxygen atoms in total. The van der Waals surface area contributed by atoms with E-state index in [1.54, 1.807) is 0 Å². The Morgan fingerprint density at radius 1 is 1.19 bits per heavy atom. The zero-order chi connectivity index (χ0) is 19.1. The highest BCUT2D eigenvalue weighted by Gasteiger charge is 2.11. The van der Waals surface area contributed by atoms with Crippen molar-refractivity contribution in [3.63, 3.8) is 0 Å². The Morgan fingerprint density at radius 2 is 1.96 bits per heavy atom. The van der Waals surface area contributed by atoms with E-state index in [9.17, 15) is 0 Å². The van der Waals surface area contributed by atoms with Crippen LogP contribution < -0.4 is 15.4 Å². The van der Waals surface area contributed by atoms with Crippen molar-refractivity contribution >= 4 is 17.5 Å². The molecule has 0 unspecified atom stereocenters. The van der Waals surface area contributed by atoms with Crippen molar-refractivity contribution in [2.75, 3.05) is 50.0 Å². The number of morpholine rings is 1. The molecule has 0 atom stereocenters. The van der Waals surface area contributed by atoms with Crippen LogP contribution in [0.1, 0.15) is 19.5 Å². The zero-order valence-electron chi connectivity index (χ0n) is 16.4. The number of benzene rings is 1. The molecule has 1 saturated heterocycles. The molecule has 2 aromatic rings. The van der Waals surface area contributed by atoms with Crippen molar-refractivity contribution < 1.29 is 9.47 Å². The van der Waals surface area contributed by atoms with Gasteiger partial charge in [0.1, 0.15) is 11.6 Å². The first-order valence-corrected chi connectivity index (χ1v) is 9.52. The van der Waals surface area contributed by atoms with Gasteiger partial charge in [0.2, 0.25) is 5.95 Å². The molecule has 0 aliphatic carbocycles. The molecule has 0 radical (unpaired) electrons. The van der Waals surface area contributed by atoms with Gasteiger partial charge in [-0.15, -0.1) is 0 Å². The number of rotatable bonds is 8. The first-order chi connectivity index (χ1) is 13.1. The highest BCUT2D eigenvalue weighted by atomic mass is 16.5. The highest BCUT2D eigenvalue weighted by Crippen LogP contribution is 2.27. The summed E-state index contributed by atoms with van der Waals surface area (Å²) in [5.41, 5.74) is 1.76. The second-order valence-electron chi connectivity index (χ2n) is 6.89. The topological polar surface area (TPSA) is 71.5 Å². The molecule has 1 fully saturated rings. The summed E-state index contributed by atoms with van der Waals surface area (Å²) in [6.07, 6.45) is 0.101. The van der Waals surface area contributed by atoms with Crippen molar-refractivity contribution in [3.8, 4) is 5.75 Å². The van der Waals surface area contributed by atoms with Crippen LogP contribution in [0.25, 0.3) is 0 Å². The number of hydrogen-bond acceptors (Lipinski definition) is 7. The number of nitrogens with zero attached hydrogens (tertiary/aromatic N) is 3. The van der Waals surface area contributed by atoms with Crippen LogP contribution in [0.2, 0.25) is 0 Å². The molecule has 0 amide bonds. The lowest BCUT2D eigenvalue weighted by Crippen LogP contribution is -2.39. The molecule has 146 valence electrons. The minimum atomic E-state index is 0.101. The molecule has 1 aromatic carbocycles. The molecular formula is C20H29N5O2. The summed E-state index contributed by atoms with van der Waals surface area (Å²) in [6.45, 7) is 11.4. The molecule has 0 bridgehead atoms. The Balaban J connectivity index is 1.63. The molecule has 1 aliphatic rings. The van der Waals surface area contributed by atoms with Gasteiger partial charge >= 0.3 is 0 Å². The van der Waals surface area contributed by atoms with Gasteiger partial charge in [-0.1, -0.05) is 12.1 Å². The van der Waals surface area contributed by atoms with Crippen molar-refractivity contribution in [3.05, 3.63) is 36.0 Å². The summed E-state index contributed by atoms with van der Waals surface area (Å²) >= 11 is 0. The normalized spacial score (nSPS) is 15.0. The summed E-state index contributed by atoms with van der Waals surface area (Å²) in [7, 11) is 0. The van der Waals surface area contributed by atoms with Crippen LogP contribution >= 0.6 is 0 Å². The Labute approximate surface area is 161 Å². The van der Waals surface area contributed by atoms with Crippen molar-refractivity contribution in [2.45, 2.75) is 26.9 Å². The van der Waals surface area contributed by atoms with Crippen LogP contribution in [-0.4, -0.2) is 60.4 Å². The number of nitrogens with one attached hydrogen (secondary N) is 2. The standard InChI is InChI=1S/C20H29N5O2/c1-15(2)27-18-7-5-4-6-17(18)23-20-22-16(3)14-19(24-20)21-8-9-25-10-12-26-13-11-25/h4-7,14-15H,8-13H2,1-3H3,(H2,21,22,23,24). The molecule has 7 heteroatoms. The van der Waals surface area contributed by atoms with Crippen molar-refractivity contribution in [1.82, 2.24) is 14.9 Å². The second kappa shape index (κ2) is 9.53. The monoisotopic (exact) mass is 371 g/mol. The zero-order valence-corrected chi connectivity index (χ0v) is 16.4. The number of aromatic nitrogens is 2. The van der Waals surface area contributed by atoms with Gasteiger partial charge in [-0.3, -0.25) is 4.90 Å². The van der Waals surface area contributed by atoms with E-state index in [-0.39, 0.29) is 6.10 Å². The third kappa shape index (κ3) is 6.08. The van der Waals surface area contributed by atoms with E-state index in [1.807, 2.05) is 51.1 Å². The van der Waals surface area contributed by atoms with E-state index < -0.39 is 0 Å². The predicted octanol–water partition coefficient (Wildman–Crippen LogP) is 3.06. The Morgan fingerprint density at radius 3 is 2.74 bits per heavy atom.